The summed E-state index contributed by atoms with van der Waals surface area (Å²) in [6.07, 6.45) is 3.79. The van der Waals surface area contributed by atoms with E-state index in [2.05, 4.69) is 31.4 Å². The van der Waals surface area contributed by atoms with E-state index in [0.717, 1.165) is 54.6 Å². The van der Waals surface area contributed by atoms with Crippen LogP contribution in [-0.4, -0.2) is 56.3 Å². The third-order valence-electron chi connectivity index (χ3n) is 9.31. The number of carboxylic acid groups (broad SMARTS) is 1. The minimum absolute atomic E-state index is 0.0128. The summed E-state index contributed by atoms with van der Waals surface area (Å²) in [5, 5.41) is 20.2. The van der Waals surface area contributed by atoms with Gasteiger partial charge in [-0.3, -0.25) is 5.32 Å². The normalized spacial score (nSPS) is 19.9. The van der Waals surface area contributed by atoms with Gasteiger partial charge in [-0.2, -0.15) is 9.40 Å². The van der Waals surface area contributed by atoms with Crippen molar-refractivity contribution < 1.29 is 23.1 Å². The van der Waals surface area contributed by atoms with Gasteiger partial charge in [0.15, 0.2) is 5.03 Å². The first-order chi connectivity index (χ1) is 22.2. The zero-order valence-corrected chi connectivity index (χ0v) is 28.2. The minimum Gasteiger partial charge on any atom is -0.477 e. The molecule has 0 radical (unpaired) electrons. The van der Waals surface area contributed by atoms with Crippen LogP contribution in [0.5, 0.6) is 0 Å². The molecule has 248 valence electrons. The lowest BCUT2D eigenvalue weighted by Gasteiger charge is -2.38. The topological polar surface area (TPSA) is 139 Å². The zero-order valence-electron chi connectivity index (χ0n) is 27.4. The molecule has 2 aliphatic rings. The maximum Gasteiger partial charge on any atom is 0.352 e. The number of sulfonamides is 1. The van der Waals surface area contributed by atoms with E-state index in [4.69, 9.17) is 5.10 Å². The molecule has 3 N–H and O–H groups in total. The maximum atomic E-state index is 13.7. The van der Waals surface area contributed by atoms with Crippen molar-refractivity contribution in [3.63, 3.8) is 0 Å². The van der Waals surface area contributed by atoms with Crippen molar-refractivity contribution in [2.75, 3.05) is 10.6 Å². The van der Waals surface area contributed by atoms with E-state index in [1.165, 1.54) is 23.7 Å². The van der Waals surface area contributed by atoms with Gasteiger partial charge in [-0.05, 0) is 86.9 Å². The molecule has 2 bridgehead atoms. The second-order valence-corrected chi connectivity index (χ2v) is 15.7. The maximum absolute atomic E-state index is 13.7. The molecule has 2 unspecified atom stereocenters. The molecule has 2 fully saturated rings. The number of rotatable bonds is 8. The number of fused-ring (bicyclic) bond motifs is 2. The lowest BCUT2D eigenvalue weighted by Crippen LogP contribution is -2.47. The average molecular weight is 659 g/mol. The number of carboxylic acids is 1. The van der Waals surface area contributed by atoms with Crippen LogP contribution >= 0.6 is 0 Å². The lowest BCUT2D eigenvalue weighted by molar-refractivity contribution is 0.0685. The number of carbonyl (C=O) groups excluding carboxylic acids is 1. The Kier molecular flexibility index (Phi) is 8.52. The molecule has 2 aliphatic heterocycles. The Labute approximate surface area is 275 Å². The Morgan fingerprint density at radius 2 is 1.64 bits per heavy atom. The van der Waals surface area contributed by atoms with Gasteiger partial charge < -0.3 is 15.0 Å². The Morgan fingerprint density at radius 3 is 2.26 bits per heavy atom. The monoisotopic (exact) mass is 658 g/mol. The Morgan fingerprint density at radius 1 is 0.957 bits per heavy atom. The van der Waals surface area contributed by atoms with Crippen molar-refractivity contribution >= 4 is 33.5 Å². The highest BCUT2D eigenvalue weighted by molar-refractivity contribution is 7.89. The number of hydrogen-bond donors (Lipinski definition) is 3. The molecule has 2 atom stereocenters. The van der Waals surface area contributed by atoms with Gasteiger partial charge in [0.2, 0.25) is 0 Å². The highest BCUT2D eigenvalue weighted by Crippen LogP contribution is 2.43. The Bertz CT molecular complexity index is 1910. The first kappa shape index (κ1) is 32.5. The standard InChI is InChI=1S/C35H42N6O5S/c1-22-9-11-26(12-10-22)40-31(21-30(38-40)35(2,3)4)37-34(44)36-25-8-6-7-23(18-25)17-24-19-27-13-14-28(20-24)41(27)47(45,46)32-16-15-29(33(42)43)39(32)5/h6-12,15-16,18,21,24,27-28H,13-14,17,19-20H2,1-5H3,(H,42,43)(H2,36,37,44). The third kappa shape index (κ3) is 6.57. The second-order valence-electron chi connectivity index (χ2n) is 13.9. The largest absolute Gasteiger partial charge is 0.477 e. The molecule has 4 heterocycles. The van der Waals surface area contributed by atoms with Crippen molar-refractivity contribution in [3.05, 3.63) is 89.2 Å². The molecule has 4 aromatic rings. The summed E-state index contributed by atoms with van der Waals surface area (Å²) in [4.78, 5) is 24.7. The van der Waals surface area contributed by atoms with Crippen molar-refractivity contribution in [1.29, 1.82) is 0 Å². The summed E-state index contributed by atoms with van der Waals surface area (Å²) in [6, 6.07) is 19.8. The second kappa shape index (κ2) is 12.3. The van der Waals surface area contributed by atoms with Crippen LogP contribution in [0.1, 0.15) is 73.8 Å². The minimum atomic E-state index is -3.84. The molecular formula is C35H42N6O5S. The third-order valence-corrected chi connectivity index (χ3v) is 11.4. The number of aryl methyl sites for hydroxylation is 1. The number of benzene rings is 2. The summed E-state index contributed by atoms with van der Waals surface area (Å²) < 4.78 is 32.0. The van der Waals surface area contributed by atoms with E-state index in [1.807, 2.05) is 61.5 Å². The molecule has 47 heavy (non-hydrogen) atoms. The number of piperidine rings is 1. The summed E-state index contributed by atoms with van der Waals surface area (Å²) in [7, 11) is -2.36. The van der Waals surface area contributed by atoms with E-state index in [1.54, 1.807) is 8.99 Å². The number of urea groups is 1. The van der Waals surface area contributed by atoms with Gasteiger partial charge in [0.05, 0.1) is 11.4 Å². The number of anilines is 2. The van der Waals surface area contributed by atoms with Crippen molar-refractivity contribution in [2.45, 2.75) is 82.3 Å². The van der Waals surface area contributed by atoms with Crippen LogP contribution in [0.3, 0.4) is 0 Å². The van der Waals surface area contributed by atoms with Crippen molar-refractivity contribution in [3.8, 4) is 5.69 Å². The number of aromatic nitrogens is 3. The van der Waals surface area contributed by atoms with E-state index in [9.17, 15) is 23.1 Å². The molecule has 0 saturated carbocycles. The van der Waals surface area contributed by atoms with Crippen LogP contribution in [0.4, 0.5) is 16.3 Å². The fourth-order valence-corrected chi connectivity index (χ4v) is 9.06. The number of nitrogens with zero attached hydrogens (tertiary/aromatic N) is 4. The fraction of sp³-hybridized carbons (Fsp3) is 0.400. The molecule has 11 nitrogen and oxygen atoms in total. The molecular weight excluding hydrogens is 616 g/mol. The van der Waals surface area contributed by atoms with E-state index < -0.39 is 16.0 Å². The molecule has 0 aliphatic carbocycles. The van der Waals surface area contributed by atoms with E-state index in [-0.39, 0.29) is 40.2 Å². The predicted molar refractivity (Wildman–Crippen MR) is 181 cm³/mol. The zero-order chi connectivity index (χ0) is 33.7. The van der Waals surface area contributed by atoms with Gasteiger partial charge in [-0.1, -0.05) is 50.6 Å². The summed E-state index contributed by atoms with van der Waals surface area (Å²) in [6.45, 7) is 8.27. The van der Waals surface area contributed by atoms with Gasteiger partial charge in [0.25, 0.3) is 10.0 Å². The number of nitrogens with one attached hydrogen (secondary N) is 2. The highest BCUT2D eigenvalue weighted by atomic mass is 32.2. The molecule has 2 aromatic carbocycles. The van der Waals surface area contributed by atoms with Crippen LogP contribution in [0.2, 0.25) is 0 Å². The van der Waals surface area contributed by atoms with Gasteiger partial charge in [-0.25, -0.2) is 22.7 Å². The van der Waals surface area contributed by atoms with Crippen LogP contribution in [-0.2, 0) is 28.9 Å². The number of aromatic carboxylic acids is 1. The first-order valence-electron chi connectivity index (χ1n) is 16.0. The van der Waals surface area contributed by atoms with Crippen molar-refractivity contribution in [1.82, 2.24) is 18.7 Å². The number of amides is 2. The van der Waals surface area contributed by atoms with Crippen molar-refractivity contribution in [2.24, 2.45) is 13.0 Å². The van der Waals surface area contributed by atoms with Crippen LogP contribution in [0.25, 0.3) is 5.69 Å². The SMILES string of the molecule is Cc1ccc(-n2nc(C(C)(C)C)cc2NC(=O)Nc2cccc(CC3CC4CCC(C3)N4S(=O)(=O)c3ccc(C(=O)O)n3C)c2)cc1. The quantitative estimate of drug-likeness (QED) is 0.202. The summed E-state index contributed by atoms with van der Waals surface area (Å²) >= 11 is 0. The first-order valence-corrected chi connectivity index (χ1v) is 17.4. The molecule has 12 heteroatoms. The lowest BCUT2D eigenvalue weighted by atomic mass is 9.87. The summed E-state index contributed by atoms with van der Waals surface area (Å²) in [5.41, 5.74) is 4.31. The van der Waals surface area contributed by atoms with Crippen LogP contribution in [0.15, 0.2) is 71.8 Å². The molecule has 2 aromatic heterocycles. The highest BCUT2D eigenvalue weighted by Gasteiger charge is 2.48. The van der Waals surface area contributed by atoms with Gasteiger partial charge in [-0.15, -0.1) is 0 Å². The van der Waals surface area contributed by atoms with E-state index >= 15 is 0 Å². The van der Waals surface area contributed by atoms with Gasteiger partial charge in [0.1, 0.15) is 11.5 Å². The fourth-order valence-electron chi connectivity index (χ4n) is 6.99. The van der Waals surface area contributed by atoms with Gasteiger partial charge >= 0.3 is 12.0 Å². The van der Waals surface area contributed by atoms with Crippen LogP contribution in [0, 0.1) is 12.8 Å². The molecule has 6 rings (SSSR count). The van der Waals surface area contributed by atoms with E-state index in [0.29, 0.717) is 11.5 Å². The average Bonchev–Trinajstić information content (AvgIpc) is 3.68. The molecule has 2 amide bonds. The Hall–Kier alpha value is -4.42. The predicted octanol–water partition coefficient (Wildman–Crippen LogP) is 6.33. The molecule has 2 saturated heterocycles. The number of hydrogen-bond acceptors (Lipinski definition) is 5. The van der Waals surface area contributed by atoms with Crippen LogP contribution < -0.4 is 10.6 Å². The number of carbonyl (C=O) groups is 2. The summed E-state index contributed by atoms with van der Waals surface area (Å²) in [5.74, 6) is -0.307. The smallest absolute Gasteiger partial charge is 0.352 e. The molecule has 0 spiro atoms. The van der Waals surface area contributed by atoms with Gasteiger partial charge in [0, 0.05) is 36.3 Å². The Balaban J connectivity index is 1.12.